The molecule has 6 heteroatoms. The highest BCUT2D eigenvalue weighted by Crippen LogP contribution is 2.36. The van der Waals surface area contributed by atoms with Gasteiger partial charge in [0.05, 0.1) is 19.9 Å². The Morgan fingerprint density at radius 2 is 1.78 bits per heavy atom. The SMILES string of the molecule is COc1ccc2c(-c3ccccc3OC)nc(Nc3cc(C)[nH]n3)cc2c1. The number of aromatic nitrogens is 3. The molecule has 6 nitrogen and oxygen atoms in total. The average Bonchev–Trinajstić information content (AvgIpc) is 3.11. The van der Waals surface area contributed by atoms with Crippen LogP contribution in [0.5, 0.6) is 11.5 Å². The molecule has 2 N–H and O–H groups in total. The van der Waals surface area contributed by atoms with Crippen molar-refractivity contribution in [3.63, 3.8) is 0 Å². The van der Waals surface area contributed by atoms with Gasteiger partial charge >= 0.3 is 0 Å². The maximum Gasteiger partial charge on any atom is 0.153 e. The van der Waals surface area contributed by atoms with Crippen molar-refractivity contribution in [2.24, 2.45) is 0 Å². The van der Waals surface area contributed by atoms with E-state index in [4.69, 9.17) is 14.5 Å². The molecule has 2 aromatic heterocycles. The first kappa shape index (κ1) is 16.9. The molecule has 2 heterocycles. The zero-order valence-electron chi connectivity index (χ0n) is 15.4. The fraction of sp³-hybridized carbons (Fsp3) is 0.143. The van der Waals surface area contributed by atoms with E-state index in [2.05, 4.69) is 15.5 Å². The van der Waals surface area contributed by atoms with Gasteiger partial charge in [-0.3, -0.25) is 5.10 Å². The fourth-order valence-corrected chi connectivity index (χ4v) is 3.09. The third kappa shape index (κ3) is 3.29. The number of ether oxygens (including phenoxy) is 2. The molecular weight excluding hydrogens is 340 g/mol. The first-order chi connectivity index (χ1) is 13.2. The average molecular weight is 360 g/mol. The Morgan fingerprint density at radius 1 is 0.926 bits per heavy atom. The molecule has 0 aliphatic carbocycles. The van der Waals surface area contributed by atoms with Gasteiger partial charge in [-0.2, -0.15) is 5.10 Å². The lowest BCUT2D eigenvalue weighted by Crippen LogP contribution is -1.98. The highest BCUT2D eigenvalue weighted by molar-refractivity contribution is 5.98. The van der Waals surface area contributed by atoms with Crippen LogP contribution in [-0.2, 0) is 0 Å². The van der Waals surface area contributed by atoms with Gasteiger partial charge in [0.25, 0.3) is 0 Å². The summed E-state index contributed by atoms with van der Waals surface area (Å²) in [5.41, 5.74) is 2.74. The van der Waals surface area contributed by atoms with E-state index in [0.717, 1.165) is 39.2 Å². The summed E-state index contributed by atoms with van der Waals surface area (Å²) >= 11 is 0. The molecule has 0 unspecified atom stereocenters. The third-order valence-electron chi connectivity index (χ3n) is 4.36. The third-order valence-corrected chi connectivity index (χ3v) is 4.36. The number of pyridine rings is 1. The minimum absolute atomic E-state index is 0.697. The number of benzene rings is 2. The molecule has 0 radical (unpaired) electrons. The van der Waals surface area contributed by atoms with Crippen LogP contribution in [0, 0.1) is 6.92 Å². The quantitative estimate of drug-likeness (QED) is 0.540. The summed E-state index contributed by atoms with van der Waals surface area (Å²) < 4.78 is 10.9. The summed E-state index contributed by atoms with van der Waals surface area (Å²) in [5.74, 6) is 2.98. The maximum absolute atomic E-state index is 5.55. The largest absolute Gasteiger partial charge is 0.497 e. The van der Waals surface area contributed by atoms with Crippen molar-refractivity contribution in [1.29, 1.82) is 0 Å². The number of hydrogen-bond acceptors (Lipinski definition) is 5. The number of H-pyrrole nitrogens is 1. The van der Waals surface area contributed by atoms with Crippen LogP contribution in [-0.4, -0.2) is 29.4 Å². The summed E-state index contributed by atoms with van der Waals surface area (Å²) in [6.07, 6.45) is 0. The molecule has 0 spiro atoms. The Kier molecular flexibility index (Phi) is 4.38. The Labute approximate surface area is 157 Å². The van der Waals surface area contributed by atoms with Gasteiger partial charge < -0.3 is 14.8 Å². The maximum atomic E-state index is 5.55. The van der Waals surface area contributed by atoms with Crippen molar-refractivity contribution in [1.82, 2.24) is 15.2 Å². The van der Waals surface area contributed by atoms with Gasteiger partial charge in [0, 0.05) is 22.7 Å². The molecule has 0 amide bonds. The smallest absolute Gasteiger partial charge is 0.153 e. The Hall–Kier alpha value is -3.54. The van der Waals surface area contributed by atoms with E-state index in [-0.39, 0.29) is 0 Å². The lowest BCUT2D eigenvalue weighted by molar-refractivity contribution is 0.415. The highest BCUT2D eigenvalue weighted by atomic mass is 16.5. The van der Waals surface area contributed by atoms with Gasteiger partial charge in [0.1, 0.15) is 17.3 Å². The van der Waals surface area contributed by atoms with Crippen LogP contribution in [0.1, 0.15) is 5.69 Å². The summed E-state index contributed by atoms with van der Waals surface area (Å²) in [4.78, 5) is 4.85. The van der Waals surface area contributed by atoms with E-state index >= 15 is 0 Å². The lowest BCUT2D eigenvalue weighted by Gasteiger charge is -2.13. The van der Waals surface area contributed by atoms with Crippen molar-refractivity contribution in [2.45, 2.75) is 6.92 Å². The van der Waals surface area contributed by atoms with Crippen molar-refractivity contribution >= 4 is 22.4 Å². The zero-order valence-corrected chi connectivity index (χ0v) is 15.4. The second kappa shape index (κ2) is 6.99. The van der Waals surface area contributed by atoms with E-state index in [9.17, 15) is 0 Å². The van der Waals surface area contributed by atoms with Crippen LogP contribution in [0.3, 0.4) is 0 Å². The predicted molar refractivity (Wildman–Crippen MR) is 107 cm³/mol. The number of methoxy groups -OCH3 is 2. The van der Waals surface area contributed by atoms with E-state index in [1.165, 1.54) is 0 Å². The molecule has 0 saturated heterocycles. The zero-order chi connectivity index (χ0) is 18.8. The lowest BCUT2D eigenvalue weighted by atomic mass is 10.0. The van der Waals surface area contributed by atoms with E-state index in [0.29, 0.717) is 11.6 Å². The Morgan fingerprint density at radius 3 is 2.52 bits per heavy atom. The number of anilines is 2. The molecule has 27 heavy (non-hydrogen) atoms. The summed E-state index contributed by atoms with van der Waals surface area (Å²) in [7, 11) is 3.33. The number of para-hydroxylation sites is 1. The number of rotatable bonds is 5. The summed E-state index contributed by atoms with van der Waals surface area (Å²) in [5, 5.41) is 12.5. The molecule has 4 rings (SSSR count). The normalized spacial score (nSPS) is 10.8. The number of fused-ring (bicyclic) bond motifs is 1. The number of nitrogens with one attached hydrogen (secondary N) is 2. The second-order valence-electron chi connectivity index (χ2n) is 6.20. The van der Waals surface area contributed by atoms with Gasteiger partial charge in [-0.1, -0.05) is 12.1 Å². The molecule has 0 aliphatic rings. The van der Waals surface area contributed by atoms with Gasteiger partial charge in [0.2, 0.25) is 0 Å². The second-order valence-corrected chi connectivity index (χ2v) is 6.20. The molecule has 0 atom stereocenters. The number of aryl methyl sites for hydroxylation is 1. The van der Waals surface area contributed by atoms with E-state index < -0.39 is 0 Å². The minimum Gasteiger partial charge on any atom is -0.497 e. The summed E-state index contributed by atoms with van der Waals surface area (Å²) in [6.45, 7) is 1.96. The fourth-order valence-electron chi connectivity index (χ4n) is 3.09. The highest BCUT2D eigenvalue weighted by Gasteiger charge is 2.14. The monoisotopic (exact) mass is 360 g/mol. The Bertz CT molecular complexity index is 1100. The molecule has 2 aromatic carbocycles. The van der Waals surface area contributed by atoms with Crippen molar-refractivity contribution in [3.8, 4) is 22.8 Å². The number of nitrogens with zero attached hydrogens (tertiary/aromatic N) is 2. The topological polar surface area (TPSA) is 72.1 Å². The van der Waals surface area contributed by atoms with E-state index in [1.54, 1.807) is 14.2 Å². The van der Waals surface area contributed by atoms with Gasteiger partial charge in [-0.15, -0.1) is 0 Å². The minimum atomic E-state index is 0.697. The molecule has 0 fully saturated rings. The number of aromatic amines is 1. The molecule has 136 valence electrons. The van der Waals surface area contributed by atoms with Crippen molar-refractivity contribution in [2.75, 3.05) is 19.5 Å². The van der Waals surface area contributed by atoms with E-state index in [1.807, 2.05) is 61.5 Å². The first-order valence-electron chi connectivity index (χ1n) is 8.59. The van der Waals surface area contributed by atoms with Crippen LogP contribution in [0.4, 0.5) is 11.6 Å². The van der Waals surface area contributed by atoms with Gasteiger partial charge in [-0.25, -0.2) is 4.98 Å². The van der Waals surface area contributed by atoms with Gasteiger partial charge in [-0.05, 0) is 48.7 Å². The van der Waals surface area contributed by atoms with Crippen LogP contribution in [0.15, 0.2) is 54.6 Å². The standard InChI is InChI=1S/C21H20N4O2/c1-13-10-20(25-24-13)22-19-12-14-11-15(26-2)8-9-16(14)21(23-19)17-6-4-5-7-18(17)27-3/h4-12H,1-3H3,(H2,22,23,24,25). The molecule has 4 aromatic rings. The summed E-state index contributed by atoms with van der Waals surface area (Å²) in [6, 6.07) is 17.7. The molecule has 0 saturated carbocycles. The number of hydrogen-bond donors (Lipinski definition) is 2. The van der Waals surface area contributed by atoms with Crippen LogP contribution in [0.2, 0.25) is 0 Å². The molecule has 0 bridgehead atoms. The van der Waals surface area contributed by atoms with Crippen molar-refractivity contribution < 1.29 is 9.47 Å². The molecular formula is C21H20N4O2. The Balaban J connectivity index is 1.92. The van der Waals surface area contributed by atoms with Crippen LogP contribution in [0.25, 0.3) is 22.0 Å². The predicted octanol–water partition coefficient (Wildman–Crippen LogP) is 4.69. The molecule has 0 aliphatic heterocycles. The van der Waals surface area contributed by atoms with Crippen molar-refractivity contribution in [3.05, 3.63) is 60.3 Å². The van der Waals surface area contributed by atoms with Gasteiger partial charge in [0.15, 0.2) is 5.82 Å². The first-order valence-corrected chi connectivity index (χ1v) is 8.59. The van der Waals surface area contributed by atoms with Crippen LogP contribution >= 0.6 is 0 Å². The van der Waals surface area contributed by atoms with Crippen LogP contribution < -0.4 is 14.8 Å².